The van der Waals surface area contributed by atoms with Crippen molar-refractivity contribution in [2.75, 3.05) is 13.1 Å². The van der Waals surface area contributed by atoms with Crippen molar-refractivity contribution >= 4 is 5.91 Å². The highest BCUT2D eigenvalue weighted by molar-refractivity contribution is 5.95. The fourth-order valence-electron chi connectivity index (χ4n) is 3.08. The van der Waals surface area contributed by atoms with Gasteiger partial charge in [0.1, 0.15) is 5.82 Å². The summed E-state index contributed by atoms with van der Waals surface area (Å²) in [5.41, 5.74) is 2.83. The molecule has 0 unspecified atom stereocenters. The molecule has 2 heterocycles. The van der Waals surface area contributed by atoms with Gasteiger partial charge in [0, 0.05) is 18.7 Å². The predicted molar refractivity (Wildman–Crippen MR) is 90.3 cm³/mol. The summed E-state index contributed by atoms with van der Waals surface area (Å²) in [6.45, 7) is 6.94. The van der Waals surface area contributed by atoms with E-state index >= 15 is 0 Å². The Morgan fingerprint density at radius 2 is 1.75 bits per heavy atom. The van der Waals surface area contributed by atoms with Gasteiger partial charge in [-0.25, -0.2) is 4.39 Å². The van der Waals surface area contributed by atoms with Gasteiger partial charge in [0.15, 0.2) is 0 Å². The molecule has 2 atom stereocenters. The van der Waals surface area contributed by atoms with Crippen LogP contribution in [-0.2, 0) is 4.74 Å². The molecular weight excluding hydrogens is 307 g/mol. The smallest absolute Gasteiger partial charge is 0.255 e. The molecule has 3 rings (SSSR count). The molecular formula is C19H21FN2O2. The fraction of sp³-hybridized carbons (Fsp3) is 0.368. The second-order valence-corrected chi connectivity index (χ2v) is 6.30. The summed E-state index contributed by atoms with van der Waals surface area (Å²) >= 11 is 0. The average Bonchev–Trinajstić information content (AvgIpc) is 2.54. The minimum atomic E-state index is -0.280. The molecule has 1 fully saturated rings. The number of aromatic nitrogens is 1. The van der Waals surface area contributed by atoms with Crippen molar-refractivity contribution in [3.63, 3.8) is 0 Å². The summed E-state index contributed by atoms with van der Waals surface area (Å²) in [4.78, 5) is 19.1. The van der Waals surface area contributed by atoms with E-state index in [2.05, 4.69) is 4.98 Å². The van der Waals surface area contributed by atoms with Crippen LogP contribution < -0.4 is 0 Å². The predicted octanol–water partition coefficient (Wildman–Crippen LogP) is 3.45. The van der Waals surface area contributed by atoms with Crippen LogP contribution in [0.15, 0.2) is 36.4 Å². The lowest BCUT2D eigenvalue weighted by atomic mass is 10.1. The van der Waals surface area contributed by atoms with Gasteiger partial charge in [-0.15, -0.1) is 0 Å². The first-order valence-corrected chi connectivity index (χ1v) is 8.12. The van der Waals surface area contributed by atoms with Crippen LogP contribution in [-0.4, -0.2) is 41.1 Å². The van der Waals surface area contributed by atoms with Crippen LogP contribution in [0.1, 0.15) is 29.9 Å². The molecule has 1 amide bonds. The Balaban J connectivity index is 1.84. The Hall–Kier alpha value is -2.27. The fourth-order valence-corrected chi connectivity index (χ4v) is 3.08. The van der Waals surface area contributed by atoms with E-state index in [0.717, 1.165) is 11.3 Å². The first-order valence-electron chi connectivity index (χ1n) is 8.12. The molecule has 24 heavy (non-hydrogen) atoms. The van der Waals surface area contributed by atoms with E-state index in [0.29, 0.717) is 24.3 Å². The quantitative estimate of drug-likeness (QED) is 0.848. The van der Waals surface area contributed by atoms with Crippen LogP contribution in [0, 0.1) is 12.7 Å². The standard InChI is InChI=1S/C19H21FN2O2/c1-12-10-22(11-13(2)24-12)19(23)17-8-9-18(21-14(17)3)15-4-6-16(20)7-5-15/h4-9,12-13H,10-11H2,1-3H3/t12-,13+. The van der Waals surface area contributed by atoms with E-state index in [1.807, 2.05) is 25.7 Å². The minimum absolute atomic E-state index is 0.0207. The summed E-state index contributed by atoms with van der Waals surface area (Å²) in [5.74, 6) is -0.300. The molecule has 0 saturated carbocycles. The van der Waals surface area contributed by atoms with Crippen molar-refractivity contribution in [3.05, 3.63) is 53.5 Å². The van der Waals surface area contributed by atoms with Crippen molar-refractivity contribution < 1.29 is 13.9 Å². The number of ether oxygens (including phenoxy) is 1. The van der Waals surface area contributed by atoms with Crippen LogP contribution in [0.4, 0.5) is 4.39 Å². The molecule has 0 aliphatic carbocycles. The number of hydrogen-bond acceptors (Lipinski definition) is 3. The molecule has 0 spiro atoms. The monoisotopic (exact) mass is 328 g/mol. The summed E-state index contributed by atoms with van der Waals surface area (Å²) in [5, 5.41) is 0. The maximum atomic E-state index is 13.0. The van der Waals surface area contributed by atoms with E-state index in [1.165, 1.54) is 12.1 Å². The van der Waals surface area contributed by atoms with Gasteiger partial charge in [-0.3, -0.25) is 9.78 Å². The molecule has 1 aliphatic rings. The van der Waals surface area contributed by atoms with Gasteiger partial charge < -0.3 is 9.64 Å². The van der Waals surface area contributed by atoms with Crippen molar-refractivity contribution in [2.24, 2.45) is 0 Å². The highest BCUT2D eigenvalue weighted by atomic mass is 19.1. The van der Waals surface area contributed by atoms with E-state index < -0.39 is 0 Å². The Morgan fingerprint density at radius 3 is 2.33 bits per heavy atom. The van der Waals surface area contributed by atoms with Crippen LogP contribution in [0.3, 0.4) is 0 Å². The first-order chi connectivity index (χ1) is 11.4. The van der Waals surface area contributed by atoms with Crippen molar-refractivity contribution in [1.82, 2.24) is 9.88 Å². The summed E-state index contributed by atoms with van der Waals surface area (Å²) in [6, 6.07) is 9.78. The highest BCUT2D eigenvalue weighted by Gasteiger charge is 2.27. The molecule has 1 aliphatic heterocycles. The topological polar surface area (TPSA) is 42.4 Å². The first kappa shape index (κ1) is 16.6. The van der Waals surface area contributed by atoms with E-state index in [9.17, 15) is 9.18 Å². The molecule has 0 radical (unpaired) electrons. The second-order valence-electron chi connectivity index (χ2n) is 6.30. The van der Waals surface area contributed by atoms with E-state index in [-0.39, 0.29) is 23.9 Å². The van der Waals surface area contributed by atoms with Crippen LogP contribution in [0.25, 0.3) is 11.3 Å². The number of nitrogens with zero attached hydrogens (tertiary/aromatic N) is 2. The molecule has 0 bridgehead atoms. The highest BCUT2D eigenvalue weighted by Crippen LogP contribution is 2.21. The number of carbonyl (C=O) groups excluding carboxylic acids is 1. The van der Waals surface area contributed by atoms with Crippen molar-refractivity contribution in [3.8, 4) is 11.3 Å². The van der Waals surface area contributed by atoms with Crippen LogP contribution in [0.2, 0.25) is 0 Å². The molecule has 1 saturated heterocycles. The van der Waals surface area contributed by atoms with Gasteiger partial charge >= 0.3 is 0 Å². The Kier molecular flexibility index (Phi) is 4.62. The lowest BCUT2D eigenvalue weighted by Gasteiger charge is -2.35. The zero-order valence-electron chi connectivity index (χ0n) is 14.1. The third-order valence-corrected chi connectivity index (χ3v) is 4.16. The number of aryl methyl sites for hydroxylation is 1. The average molecular weight is 328 g/mol. The van der Waals surface area contributed by atoms with Gasteiger partial charge in [0.2, 0.25) is 0 Å². The zero-order chi connectivity index (χ0) is 17.3. The van der Waals surface area contributed by atoms with Gasteiger partial charge in [-0.2, -0.15) is 0 Å². The number of hydrogen-bond donors (Lipinski definition) is 0. The van der Waals surface area contributed by atoms with Crippen LogP contribution in [0.5, 0.6) is 0 Å². The Morgan fingerprint density at radius 1 is 1.12 bits per heavy atom. The molecule has 5 heteroatoms. The Bertz CT molecular complexity index is 736. The third-order valence-electron chi connectivity index (χ3n) is 4.16. The lowest BCUT2D eigenvalue weighted by molar-refractivity contribution is -0.0586. The molecule has 1 aromatic heterocycles. The maximum Gasteiger partial charge on any atom is 0.255 e. The van der Waals surface area contributed by atoms with Gasteiger partial charge in [-0.05, 0) is 57.2 Å². The van der Waals surface area contributed by atoms with Gasteiger partial charge in [0.05, 0.1) is 29.2 Å². The van der Waals surface area contributed by atoms with Crippen LogP contribution >= 0.6 is 0 Å². The number of amides is 1. The number of pyridine rings is 1. The SMILES string of the molecule is Cc1nc(-c2ccc(F)cc2)ccc1C(=O)N1C[C@@H](C)O[C@@H](C)C1. The molecule has 126 valence electrons. The third kappa shape index (κ3) is 3.46. The van der Waals surface area contributed by atoms with Crippen molar-refractivity contribution in [2.45, 2.75) is 33.0 Å². The van der Waals surface area contributed by atoms with E-state index in [1.54, 1.807) is 24.3 Å². The molecule has 4 nitrogen and oxygen atoms in total. The molecule has 2 aromatic rings. The number of benzene rings is 1. The van der Waals surface area contributed by atoms with Crippen molar-refractivity contribution in [1.29, 1.82) is 0 Å². The summed E-state index contributed by atoms with van der Waals surface area (Å²) < 4.78 is 18.7. The molecule has 0 N–H and O–H groups in total. The number of rotatable bonds is 2. The van der Waals surface area contributed by atoms with Gasteiger partial charge in [0.25, 0.3) is 5.91 Å². The lowest BCUT2D eigenvalue weighted by Crippen LogP contribution is -2.48. The largest absolute Gasteiger partial charge is 0.372 e. The summed E-state index contributed by atoms with van der Waals surface area (Å²) in [6.07, 6.45) is 0.0638. The number of halogens is 1. The number of carbonyl (C=O) groups is 1. The second kappa shape index (κ2) is 6.69. The Labute approximate surface area is 141 Å². The zero-order valence-corrected chi connectivity index (χ0v) is 14.1. The summed E-state index contributed by atoms with van der Waals surface area (Å²) in [7, 11) is 0. The maximum absolute atomic E-state index is 13.0. The van der Waals surface area contributed by atoms with Gasteiger partial charge in [-0.1, -0.05) is 0 Å². The number of morpholine rings is 1. The van der Waals surface area contributed by atoms with E-state index in [4.69, 9.17) is 4.74 Å². The normalized spacial score (nSPS) is 20.9. The molecule has 1 aromatic carbocycles. The minimum Gasteiger partial charge on any atom is -0.372 e.